The van der Waals surface area contributed by atoms with Crippen LogP contribution < -0.4 is 20.1 Å². The molecule has 0 radical (unpaired) electrons. The van der Waals surface area contributed by atoms with E-state index in [0.717, 1.165) is 4.68 Å². The van der Waals surface area contributed by atoms with Crippen molar-refractivity contribution in [1.29, 1.82) is 0 Å². The lowest BCUT2D eigenvalue weighted by Crippen LogP contribution is -2.35. The van der Waals surface area contributed by atoms with E-state index in [1.165, 1.54) is 12.1 Å². The molecule has 0 saturated carbocycles. The third kappa shape index (κ3) is 4.04. The zero-order valence-corrected chi connectivity index (χ0v) is 18.1. The van der Waals surface area contributed by atoms with Crippen molar-refractivity contribution in [3.63, 3.8) is 0 Å². The highest BCUT2D eigenvalue weighted by Gasteiger charge is 2.47. The Morgan fingerprint density at radius 2 is 1.94 bits per heavy atom. The van der Waals surface area contributed by atoms with Gasteiger partial charge in [-0.25, -0.2) is 4.68 Å². The fourth-order valence-corrected chi connectivity index (χ4v) is 4.17. The lowest BCUT2D eigenvalue weighted by molar-refractivity contribution is -0.173. The summed E-state index contributed by atoms with van der Waals surface area (Å²) >= 11 is 12.0. The summed E-state index contributed by atoms with van der Waals surface area (Å²) in [6.07, 6.45) is -4.90. The molecule has 2 aliphatic heterocycles. The standard InChI is InChI=1S/C21H15Cl2F3N4O3/c22-11-2-1-3-12(19(11)23)28-20(31)14-8-18-27-13(7-17(21(24,25)26)30(18)29-14)10-4-5-15-16(6-10)33-9-32-15/h1-6,8,13,17,27H,7,9H2,(H,28,31)/t13-,17+/m1/s1. The van der Waals surface area contributed by atoms with Gasteiger partial charge in [-0.15, -0.1) is 0 Å². The maximum Gasteiger partial charge on any atom is 0.410 e. The highest BCUT2D eigenvalue weighted by atomic mass is 35.5. The van der Waals surface area contributed by atoms with Crippen molar-refractivity contribution < 1.29 is 27.4 Å². The van der Waals surface area contributed by atoms with Crippen molar-refractivity contribution in [2.45, 2.75) is 24.7 Å². The number of halogens is 5. The molecule has 0 spiro atoms. The largest absolute Gasteiger partial charge is 0.454 e. The van der Waals surface area contributed by atoms with Crippen LogP contribution in [-0.4, -0.2) is 28.7 Å². The number of nitrogens with one attached hydrogen (secondary N) is 2. The smallest absolute Gasteiger partial charge is 0.410 e. The fourth-order valence-electron chi connectivity index (χ4n) is 3.82. The van der Waals surface area contributed by atoms with E-state index in [1.54, 1.807) is 30.3 Å². The van der Waals surface area contributed by atoms with E-state index in [-0.39, 0.29) is 40.5 Å². The molecule has 1 aromatic heterocycles. The number of aromatic nitrogens is 2. The first-order chi connectivity index (χ1) is 15.7. The summed E-state index contributed by atoms with van der Waals surface area (Å²) in [4.78, 5) is 12.7. The van der Waals surface area contributed by atoms with Crippen molar-refractivity contribution in [3.8, 4) is 11.5 Å². The monoisotopic (exact) mass is 498 g/mol. The topological polar surface area (TPSA) is 77.4 Å². The lowest BCUT2D eigenvalue weighted by Gasteiger charge is -2.33. The second kappa shape index (κ2) is 8.03. The van der Waals surface area contributed by atoms with E-state index in [9.17, 15) is 18.0 Å². The van der Waals surface area contributed by atoms with E-state index < -0.39 is 24.2 Å². The predicted octanol–water partition coefficient (Wildman–Crippen LogP) is 5.83. The Bertz CT molecular complexity index is 1250. The summed E-state index contributed by atoms with van der Waals surface area (Å²) in [5.74, 6) is 0.345. The maximum atomic E-state index is 13.9. The van der Waals surface area contributed by atoms with Crippen molar-refractivity contribution in [2.24, 2.45) is 0 Å². The minimum Gasteiger partial charge on any atom is -0.454 e. The molecule has 7 nitrogen and oxygen atoms in total. The number of hydrogen-bond donors (Lipinski definition) is 2. The summed E-state index contributed by atoms with van der Waals surface area (Å²) in [7, 11) is 0. The molecular formula is C21H15Cl2F3N4O3. The molecule has 1 amide bonds. The summed E-state index contributed by atoms with van der Waals surface area (Å²) in [5.41, 5.74) is 0.616. The molecule has 3 heterocycles. The SMILES string of the molecule is O=C(Nc1cccc(Cl)c1Cl)c1cc2n(n1)[C@H](C(F)(F)F)C[C@H](c1ccc3c(c1)OCO3)N2. The van der Waals surface area contributed by atoms with Crippen molar-refractivity contribution >= 4 is 40.6 Å². The van der Waals surface area contributed by atoms with Gasteiger partial charge in [0, 0.05) is 12.5 Å². The second-order valence-electron chi connectivity index (χ2n) is 7.52. The van der Waals surface area contributed by atoms with Crippen LogP contribution in [-0.2, 0) is 0 Å². The van der Waals surface area contributed by atoms with Crippen molar-refractivity contribution in [1.82, 2.24) is 9.78 Å². The zero-order chi connectivity index (χ0) is 23.3. The first-order valence-corrected chi connectivity index (χ1v) is 10.5. The Morgan fingerprint density at radius 1 is 1.15 bits per heavy atom. The number of nitrogens with zero attached hydrogens (tertiary/aromatic N) is 2. The van der Waals surface area contributed by atoms with Crippen LogP contribution in [0.15, 0.2) is 42.5 Å². The van der Waals surface area contributed by atoms with E-state index in [1.807, 2.05) is 0 Å². The van der Waals surface area contributed by atoms with Gasteiger partial charge in [-0.2, -0.15) is 18.3 Å². The van der Waals surface area contributed by atoms with Crippen LogP contribution in [0.4, 0.5) is 24.7 Å². The summed E-state index contributed by atoms with van der Waals surface area (Å²) in [6.45, 7) is 0.0595. The quantitative estimate of drug-likeness (QED) is 0.474. The molecule has 2 aliphatic rings. The molecule has 2 N–H and O–H groups in total. The Morgan fingerprint density at radius 3 is 2.73 bits per heavy atom. The highest BCUT2D eigenvalue weighted by molar-refractivity contribution is 6.44. The fraction of sp³-hybridized carbons (Fsp3) is 0.238. The third-order valence-corrected chi connectivity index (χ3v) is 6.24. The van der Waals surface area contributed by atoms with Gasteiger partial charge in [-0.05, 0) is 29.8 Å². The van der Waals surface area contributed by atoms with Gasteiger partial charge in [-0.3, -0.25) is 4.79 Å². The number of carbonyl (C=O) groups is 1. The molecule has 3 aromatic rings. The number of ether oxygens (including phenoxy) is 2. The van der Waals surface area contributed by atoms with Crippen LogP contribution in [0.3, 0.4) is 0 Å². The molecule has 0 aliphatic carbocycles. The van der Waals surface area contributed by atoms with Gasteiger partial charge in [0.15, 0.2) is 23.2 Å². The summed E-state index contributed by atoms with van der Waals surface area (Å²) < 4.78 is 53.1. The molecular weight excluding hydrogens is 484 g/mol. The van der Waals surface area contributed by atoms with Crippen LogP contribution in [0.25, 0.3) is 0 Å². The second-order valence-corrected chi connectivity index (χ2v) is 8.30. The van der Waals surface area contributed by atoms with Gasteiger partial charge in [-0.1, -0.05) is 35.3 Å². The molecule has 5 rings (SSSR count). The number of amides is 1. The van der Waals surface area contributed by atoms with Gasteiger partial charge in [0.2, 0.25) is 6.79 Å². The average Bonchev–Trinajstić information content (AvgIpc) is 3.41. The maximum absolute atomic E-state index is 13.9. The van der Waals surface area contributed by atoms with E-state index in [0.29, 0.717) is 17.1 Å². The van der Waals surface area contributed by atoms with E-state index in [4.69, 9.17) is 32.7 Å². The van der Waals surface area contributed by atoms with Gasteiger partial charge >= 0.3 is 6.18 Å². The minimum absolute atomic E-state index is 0.0595. The first kappa shape index (κ1) is 21.7. The molecule has 12 heteroatoms. The number of anilines is 2. The number of hydrogen-bond acceptors (Lipinski definition) is 5. The van der Waals surface area contributed by atoms with Crippen LogP contribution in [0.5, 0.6) is 11.5 Å². The molecule has 33 heavy (non-hydrogen) atoms. The Balaban J connectivity index is 1.45. The third-order valence-electron chi connectivity index (χ3n) is 5.42. The van der Waals surface area contributed by atoms with Crippen LogP contribution in [0.1, 0.15) is 34.6 Å². The number of rotatable bonds is 3. The zero-order valence-electron chi connectivity index (χ0n) is 16.6. The van der Waals surface area contributed by atoms with Crippen molar-refractivity contribution in [2.75, 3.05) is 17.4 Å². The number of fused-ring (bicyclic) bond motifs is 2. The van der Waals surface area contributed by atoms with Gasteiger partial charge in [0.1, 0.15) is 5.82 Å². The number of benzene rings is 2. The lowest BCUT2D eigenvalue weighted by atomic mass is 9.96. The molecule has 2 aromatic carbocycles. The normalized spacial score (nSPS) is 19.1. The average molecular weight is 499 g/mol. The van der Waals surface area contributed by atoms with Crippen LogP contribution in [0.2, 0.25) is 10.0 Å². The number of alkyl halides is 3. The van der Waals surface area contributed by atoms with Gasteiger partial charge < -0.3 is 20.1 Å². The van der Waals surface area contributed by atoms with Crippen LogP contribution in [0, 0.1) is 0 Å². The Labute approximate surface area is 195 Å². The van der Waals surface area contributed by atoms with Crippen molar-refractivity contribution in [3.05, 3.63) is 63.8 Å². The molecule has 2 atom stereocenters. The molecule has 0 unspecified atom stereocenters. The highest BCUT2D eigenvalue weighted by Crippen LogP contribution is 2.45. The molecule has 0 bridgehead atoms. The molecule has 0 saturated heterocycles. The van der Waals surface area contributed by atoms with Gasteiger partial charge in [0.05, 0.1) is 21.8 Å². The number of carbonyl (C=O) groups excluding carboxylic acids is 1. The van der Waals surface area contributed by atoms with E-state index in [2.05, 4.69) is 15.7 Å². The Kier molecular flexibility index (Phi) is 5.29. The Hall–Kier alpha value is -3.11. The predicted molar refractivity (Wildman–Crippen MR) is 115 cm³/mol. The summed E-state index contributed by atoms with van der Waals surface area (Å²) in [6, 6.07) is 8.28. The summed E-state index contributed by atoms with van der Waals surface area (Å²) in [5, 5.41) is 9.85. The van der Waals surface area contributed by atoms with Gasteiger partial charge in [0.25, 0.3) is 5.91 Å². The van der Waals surface area contributed by atoms with E-state index >= 15 is 0 Å². The molecule has 172 valence electrons. The first-order valence-electron chi connectivity index (χ1n) is 9.78. The minimum atomic E-state index is -4.58. The van der Waals surface area contributed by atoms with Crippen LogP contribution >= 0.6 is 23.2 Å². The molecule has 0 fully saturated rings.